The van der Waals surface area contributed by atoms with Crippen LogP contribution in [0.15, 0.2) is 24.3 Å². The third kappa shape index (κ3) is 2.74. The van der Waals surface area contributed by atoms with E-state index < -0.39 is 52.3 Å². The van der Waals surface area contributed by atoms with Crippen molar-refractivity contribution in [1.82, 2.24) is 0 Å². The number of Topliss-reactive ketones (excluding diaryl/α,β-unsaturated/α-hetero) is 1. The van der Waals surface area contributed by atoms with Gasteiger partial charge in [0, 0.05) is 30.3 Å². The van der Waals surface area contributed by atoms with Crippen LogP contribution in [0.5, 0.6) is 0 Å². The van der Waals surface area contributed by atoms with E-state index in [1.165, 1.54) is 6.92 Å². The number of ketones is 2. The molecule has 39 heavy (non-hydrogen) atoms. The first kappa shape index (κ1) is 25.2. The molecule has 4 saturated carbocycles. The smallest absolute Gasteiger partial charge is 0.334 e. The molecule has 13 atom stereocenters. The van der Waals surface area contributed by atoms with Crippen molar-refractivity contribution in [3.8, 4) is 0 Å². The van der Waals surface area contributed by atoms with Crippen LogP contribution in [-0.4, -0.2) is 47.8 Å². The Bertz CT molecular complexity index is 1280. The molecule has 5 aliphatic carbocycles. The molecule has 0 aromatic rings. The van der Waals surface area contributed by atoms with Crippen LogP contribution < -0.4 is 0 Å². The first-order chi connectivity index (χ1) is 18.4. The number of hydrogen-bond donors (Lipinski definition) is 0. The summed E-state index contributed by atoms with van der Waals surface area (Å²) in [5, 5.41) is 0. The highest BCUT2D eigenvalue weighted by molar-refractivity contribution is 6.01. The van der Waals surface area contributed by atoms with Gasteiger partial charge in [-0.25, -0.2) is 4.79 Å². The minimum absolute atomic E-state index is 0.00522. The minimum atomic E-state index is -1.25. The van der Waals surface area contributed by atoms with E-state index in [2.05, 4.69) is 20.4 Å². The van der Waals surface area contributed by atoms with Crippen molar-refractivity contribution in [1.29, 1.82) is 0 Å². The van der Waals surface area contributed by atoms with E-state index in [1.54, 1.807) is 6.08 Å². The number of ether oxygens (including phenoxy) is 3. The largest absolute Gasteiger partial charge is 0.461 e. The number of fused-ring (bicyclic) bond motifs is 4. The second-order valence-corrected chi connectivity index (χ2v) is 13.8. The summed E-state index contributed by atoms with van der Waals surface area (Å²) in [6.45, 7) is 11.4. The molecule has 0 N–H and O–H groups in total. The fraction of sp³-hybridized carbons (Fsp3) is 0.710. The Labute approximate surface area is 227 Å². The zero-order valence-corrected chi connectivity index (χ0v) is 22.9. The van der Waals surface area contributed by atoms with E-state index in [4.69, 9.17) is 14.2 Å². The Balaban J connectivity index is 1.46. The van der Waals surface area contributed by atoms with Crippen molar-refractivity contribution in [2.75, 3.05) is 0 Å². The monoisotopic (exact) mass is 536 g/mol. The summed E-state index contributed by atoms with van der Waals surface area (Å²) in [5.74, 6) is -2.78. The molecule has 0 radical (unpaired) electrons. The summed E-state index contributed by atoms with van der Waals surface area (Å²) in [6.07, 6.45) is 3.87. The number of carbonyl (C=O) groups is 5. The second-order valence-electron chi connectivity index (χ2n) is 13.8. The van der Waals surface area contributed by atoms with E-state index in [-0.39, 0.29) is 53.2 Å². The summed E-state index contributed by atoms with van der Waals surface area (Å²) in [4.78, 5) is 67.6. The van der Waals surface area contributed by atoms with E-state index in [0.29, 0.717) is 37.7 Å². The molecule has 2 bridgehead atoms. The van der Waals surface area contributed by atoms with Gasteiger partial charge < -0.3 is 14.2 Å². The van der Waals surface area contributed by atoms with Gasteiger partial charge in [0.2, 0.25) is 0 Å². The van der Waals surface area contributed by atoms with E-state index in [0.717, 1.165) is 0 Å². The standard InChI is InChI=1S/C31H36O8/c1-13-8-21-25(26(37-16(4)32)29(5)19(13)6-7-22(29)33)31(28(36)39-21)11-17-10-23(34)30(31)12-18-15(3)27(35)38-20(18)9-14(2)24(17)30/h6-7,13-14,17-21,24-26H,3,8-12H2,1-2,4-5H3/t13-,14-,17+,18-,19+,20-,21-,24-,25-,26+,29+,30-,31-/m1/s1. The van der Waals surface area contributed by atoms with Gasteiger partial charge in [-0.1, -0.05) is 26.5 Å². The van der Waals surface area contributed by atoms with Crippen LogP contribution in [0.1, 0.15) is 59.8 Å². The lowest BCUT2D eigenvalue weighted by molar-refractivity contribution is -0.179. The van der Waals surface area contributed by atoms with Crippen molar-refractivity contribution in [2.24, 2.45) is 57.7 Å². The first-order valence-corrected chi connectivity index (χ1v) is 14.4. The average Bonchev–Trinajstić information content (AvgIpc) is 3.52. The van der Waals surface area contributed by atoms with Crippen LogP contribution >= 0.6 is 0 Å². The summed E-state index contributed by atoms with van der Waals surface area (Å²) in [7, 11) is 0. The van der Waals surface area contributed by atoms with Gasteiger partial charge >= 0.3 is 17.9 Å². The van der Waals surface area contributed by atoms with Crippen molar-refractivity contribution in [3.05, 3.63) is 24.3 Å². The molecule has 1 spiro atoms. The molecule has 0 aromatic carbocycles. The molecular formula is C31H36O8. The summed E-state index contributed by atoms with van der Waals surface area (Å²) in [6, 6.07) is 0. The zero-order valence-electron chi connectivity index (χ0n) is 22.9. The Morgan fingerprint density at radius 2 is 1.72 bits per heavy atom. The molecular weight excluding hydrogens is 500 g/mol. The van der Waals surface area contributed by atoms with Crippen LogP contribution in [0.3, 0.4) is 0 Å². The van der Waals surface area contributed by atoms with Crippen molar-refractivity contribution in [2.45, 2.75) is 78.1 Å². The van der Waals surface area contributed by atoms with E-state index >= 15 is 0 Å². The van der Waals surface area contributed by atoms with Crippen LogP contribution in [0.4, 0.5) is 0 Å². The van der Waals surface area contributed by atoms with Crippen LogP contribution in [0, 0.1) is 57.7 Å². The highest BCUT2D eigenvalue weighted by Gasteiger charge is 2.84. The van der Waals surface area contributed by atoms with Crippen LogP contribution in [-0.2, 0) is 38.2 Å². The molecule has 0 aromatic heterocycles. The molecule has 2 saturated heterocycles. The van der Waals surface area contributed by atoms with Gasteiger partial charge in [-0.05, 0) is 68.3 Å². The number of allylic oxidation sites excluding steroid dienone is 2. The Morgan fingerprint density at radius 3 is 2.44 bits per heavy atom. The Hall–Kier alpha value is -2.77. The van der Waals surface area contributed by atoms with Crippen molar-refractivity contribution < 1.29 is 38.2 Å². The minimum Gasteiger partial charge on any atom is -0.461 e. The predicted molar refractivity (Wildman–Crippen MR) is 135 cm³/mol. The lowest BCUT2D eigenvalue weighted by atomic mass is 9.49. The second kappa shape index (κ2) is 7.70. The zero-order chi connectivity index (χ0) is 27.8. The first-order valence-electron chi connectivity index (χ1n) is 14.4. The average molecular weight is 537 g/mol. The molecule has 7 rings (SSSR count). The molecule has 2 heterocycles. The van der Waals surface area contributed by atoms with Gasteiger partial charge in [-0.2, -0.15) is 0 Å². The fourth-order valence-electron chi connectivity index (χ4n) is 11.1. The molecule has 0 unspecified atom stereocenters. The highest BCUT2D eigenvalue weighted by atomic mass is 16.6. The predicted octanol–water partition coefficient (Wildman–Crippen LogP) is 3.37. The van der Waals surface area contributed by atoms with Crippen molar-refractivity contribution >= 4 is 29.5 Å². The molecule has 8 heteroatoms. The van der Waals surface area contributed by atoms with Gasteiger partial charge in [-0.15, -0.1) is 0 Å². The number of hydrogen-bond acceptors (Lipinski definition) is 8. The quantitative estimate of drug-likeness (QED) is 0.285. The third-order valence-electron chi connectivity index (χ3n) is 12.3. The van der Waals surface area contributed by atoms with Crippen molar-refractivity contribution in [3.63, 3.8) is 0 Å². The fourth-order valence-corrected chi connectivity index (χ4v) is 11.1. The Kier molecular flexibility index (Phi) is 4.98. The van der Waals surface area contributed by atoms with Gasteiger partial charge in [0.05, 0.1) is 16.7 Å². The maximum atomic E-state index is 14.4. The normalized spacial score (nSPS) is 53.1. The molecule has 0 amide bonds. The van der Waals surface area contributed by atoms with Crippen LogP contribution in [0.25, 0.3) is 0 Å². The third-order valence-corrected chi connectivity index (χ3v) is 12.3. The number of rotatable bonds is 1. The van der Waals surface area contributed by atoms with Crippen LogP contribution in [0.2, 0.25) is 0 Å². The van der Waals surface area contributed by atoms with Gasteiger partial charge in [0.15, 0.2) is 5.78 Å². The van der Waals surface area contributed by atoms with E-state index in [9.17, 15) is 24.0 Å². The highest BCUT2D eigenvalue weighted by Crippen LogP contribution is 2.78. The molecule has 8 nitrogen and oxygen atoms in total. The molecule has 2 aliphatic heterocycles. The van der Waals surface area contributed by atoms with Gasteiger partial charge in [0.25, 0.3) is 0 Å². The topological polar surface area (TPSA) is 113 Å². The lowest BCUT2D eigenvalue weighted by Crippen LogP contribution is -2.60. The lowest BCUT2D eigenvalue weighted by Gasteiger charge is -2.50. The van der Waals surface area contributed by atoms with E-state index in [1.807, 2.05) is 13.0 Å². The maximum Gasteiger partial charge on any atom is 0.334 e. The maximum absolute atomic E-state index is 14.4. The van der Waals surface area contributed by atoms with Gasteiger partial charge in [0.1, 0.15) is 24.1 Å². The summed E-state index contributed by atoms with van der Waals surface area (Å²) < 4.78 is 18.1. The van der Waals surface area contributed by atoms with Gasteiger partial charge in [-0.3, -0.25) is 19.2 Å². The summed E-state index contributed by atoms with van der Waals surface area (Å²) in [5.41, 5.74) is -3.07. The molecule has 7 aliphatic rings. The Morgan fingerprint density at radius 1 is 1.00 bits per heavy atom. The number of esters is 3. The molecule has 6 fully saturated rings. The summed E-state index contributed by atoms with van der Waals surface area (Å²) >= 11 is 0. The number of carbonyl (C=O) groups excluding carboxylic acids is 5. The SMILES string of the molecule is C=C1C(=O)O[C@@H]2C[C@@H](C)[C@@H]3[C@H]4CC(=O)[C@@]3(C[C@H]12)[C@@]1(C4)C(=O)O[C@@H]2C[C@@H](C)[C@@H]3C=CC(=O)[C@@]3(C)[C@@H](OC(C)=O)[C@@H]21. The molecule has 208 valence electrons.